The van der Waals surface area contributed by atoms with Gasteiger partial charge in [-0.05, 0) is 24.6 Å². The monoisotopic (exact) mass is 720 g/mol. The summed E-state index contributed by atoms with van der Waals surface area (Å²) in [6.07, 6.45) is -25.2. The van der Waals surface area contributed by atoms with Gasteiger partial charge in [0.1, 0.15) is 79.4 Å². The maximum Gasteiger partial charge on any atom is 0.187 e. The van der Waals surface area contributed by atoms with Gasteiger partial charge in [0.05, 0.1) is 38.0 Å². The van der Waals surface area contributed by atoms with E-state index in [9.17, 15) is 61.3 Å². The maximum atomic E-state index is 11.1. The summed E-state index contributed by atoms with van der Waals surface area (Å²) in [7, 11) is 0. The summed E-state index contributed by atoms with van der Waals surface area (Å²) in [4.78, 5) is 0. The van der Waals surface area contributed by atoms with Gasteiger partial charge in [-0.15, -0.1) is 0 Å². The molecule has 3 fully saturated rings. The van der Waals surface area contributed by atoms with Gasteiger partial charge in [-0.1, -0.05) is 24.3 Å². The molecule has 19 heteroatoms. The van der Waals surface area contributed by atoms with Gasteiger partial charge in [0.2, 0.25) is 0 Å². The molecule has 1 aromatic rings. The first-order chi connectivity index (χ1) is 23.8. The van der Waals surface area contributed by atoms with Crippen molar-refractivity contribution in [3.8, 4) is 0 Å². The van der Waals surface area contributed by atoms with Gasteiger partial charge < -0.3 is 95.6 Å². The van der Waals surface area contributed by atoms with E-state index in [1.54, 1.807) is 30.3 Å². The molecule has 19 atom stereocenters. The number of nitrogens with one attached hydrogen (secondary N) is 2. The van der Waals surface area contributed by atoms with Crippen LogP contribution >= 0.6 is 0 Å². The van der Waals surface area contributed by atoms with Crippen LogP contribution in [0.3, 0.4) is 0 Å². The van der Waals surface area contributed by atoms with Gasteiger partial charge >= 0.3 is 0 Å². The number of aliphatic hydroxyl groups excluding tert-OH is 12. The normalized spacial score (nSPS) is 47.1. The average molecular weight is 721 g/mol. The highest BCUT2D eigenvalue weighted by Gasteiger charge is 2.53. The third-order valence-corrected chi connectivity index (χ3v) is 9.58. The van der Waals surface area contributed by atoms with Crippen molar-refractivity contribution in [3.63, 3.8) is 0 Å². The van der Waals surface area contributed by atoms with Crippen LogP contribution in [-0.2, 0) is 23.7 Å². The van der Waals surface area contributed by atoms with Crippen LogP contribution in [0.5, 0.6) is 0 Å². The summed E-state index contributed by atoms with van der Waals surface area (Å²) in [6.45, 7) is -0.621. The van der Waals surface area contributed by atoms with E-state index in [0.717, 1.165) is 0 Å². The van der Waals surface area contributed by atoms with Crippen molar-refractivity contribution in [3.05, 3.63) is 42.0 Å². The van der Waals surface area contributed by atoms with Gasteiger partial charge in [0.15, 0.2) is 18.8 Å². The Morgan fingerprint density at radius 1 is 0.640 bits per heavy atom. The van der Waals surface area contributed by atoms with Gasteiger partial charge in [0, 0.05) is 5.69 Å². The van der Waals surface area contributed by atoms with E-state index in [2.05, 4.69) is 10.6 Å². The molecule has 0 bridgehead atoms. The van der Waals surface area contributed by atoms with E-state index in [0.29, 0.717) is 5.69 Å². The van der Waals surface area contributed by atoms with Crippen molar-refractivity contribution < 1.29 is 85.0 Å². The molecule has 284 valence electrons. The van der Waals surface area contributed by atoms with Crippen LogP contribution < -0.4 is 10.6 Å². The van der Waals surface area contributed by atoms with E-state index >= 15 is 0 Å². The number of hydrogen-bond donors (Lipinski definition) is 14. The quantitative estimate of drug-likeness (QED) is 0.0945. The zero-order valence-electron chi connectivity index (χ0n) is 27.0. The number of benzene rings is 1. The second-order valence-corrected chi connectivity index (χ2v) is 12.9. The zero-order chi connectivity index (χ0) is 36.4. The second-order valence-electron chi connectivity index (χ2n) is 12.9. The zero-order valence-corrected chi connectivity index (χ0v) is 27.0. The van der Waals surface area contributed by atoms with E-state index in [1.807, 2.05) is 0 Å². The van der Waals surface area contributed by atoms with Crippen LogP contribution in [-0.4, -0.2) is 197 Å². The molecule has 1 aromatic carbocycles. The van der Waals surface area contributed by atoms with E-state index in [1.165, 1.54) is 13.0 Å². The number of rotatable bonds is 11. The molecule has 0 amide bonds. The summed E-state index contributed by atoms with van der Waals surface area (Å²) < 4.78 is 28.6. The van der Waals surface area contributed by atoms with Crippen LogP contribution in [0.1, 0.15) is 6.92 Å². The third kappa shape index (κ3) is 8.00. The molecule has 19 unspecified atom stereocenters. The van der Waals surface area contributed by atoms with Crippen LogP contribution in [0.25, 0.3) is 0 Å². The van der Waals surface area contributed by atoms with Crippen molar-refractivity contribution in [2.45, 2.75) is 123 Å². The predicted octanol–water partition coefficient (Wildman–Crippen LogP) is -6.44. The van der Waals surface area contributed by atoms with Gasteiger partial charge in [0.25, 0.3) is 0 Å². The maximum absolute atomic E-state index is 11.1. The Labute approximate surface area is 286 Å². The highest BCUT2D eigenvalue weighted by atomic mass is 16.7. The summed E-state index contributed by atoms with van der Waals surface area (Å²) in [5.74, 6) is 0. The molecule has 3 heterocycles. The van der Waals surface area contributed by atoms with Gasteiger partial charge in [-0.25, -0.2) is 0 Å². The Balaban J connectivity index is 1.22. The Hall–Kier alpha value is -1.96. The number of anilines is 1. The Morgan fingerprint density at radius 3 is 1.80 bits per heavy atom. The Morgan fingerprint density at radius 2 is 1.20 bits per heavy atom. The molecule has 4 aliphatic rings. The number of para-hydroxylation sites is 1. The standard InChI is InChI=1S/C31H48N2O17/c1-11-17(33-14-7-12(8-34)18(37)21(40)19(14)38)20(39)25(44)30(46-11)49-28-16(10-36)48-31(26(45)23(28)42)50-27-15(9-35)47-29(24(43)22(27)41)32-13-5-3-2-4-6-13/h2-7,11,14-45H,8-10H2,1H3. The Kier molecular flexibility index (Phi) is 13.2. The number of hydrogen-bond acceptors (Lipinski definition) is 19. The minimum atomic E-state index is -1.91. The Bertz CT molecular complexity index is 1250. The molecule has 3 saturated heterocycles. The first-order valence-electron chi connectivity index (χ1n) is 16.3. The lowest BCUT2D eigenvalue weighted by Gasteiger charge is -2.49. The molecule has 19 nitrogen and oxygen atoms in total. The van der Waals surface area contributed by atoms with Gasteiger partial charge in [-0.2, -0.15) is 0 Å². The topological polar surface area (TPSA) is 313 Å². The van der Waals surface area contributed by atoms with Crippen molar-refractivity contribution >= 4 is 5.69 Å². The highest BCUT2D eigenvalue weighted by molar-refractivity contribution is 5.43. The van der Waals surface area contributed by atoms with Crippen LogP contribution in [0.15, 0.2) is 42.0 Å². The fourth-order valence-electron chi connectivity index (χ4n) is 6.65. The van der Waals surface area contributed by atoms with E-state index < -0.39 is 136 Å². The number of ether oxygens (including phenoxy) is 5. The van der Waals surface area contributed by atoms with Crippen LogP contribution in [0, 0.1) is 0 Å². The van der Waals surface area contributed by atoms with E-state index in [4.69, 9.17) is 23.7 Å². The smallest absolute Gasteiger partial charge is 0.187 e. The molecule has 1 aliphatic carbocycles. The fraction of sp³-hybridized carbons (Fsp3) is 0.742. The molecule has 0 aromatic heterocycles. The summed E-state index contributed by atoms with van der Waals surface area (Å²) in [6, 6.07) is 6.48. The van der Waals surface area contributed by atoms with E-state index in [-0.39, 0.29) is 5.57 Å². The van der Waals surface area contributed by atoms with Crippen molar-refractivity contribution in [2.24, 2.45) is 0 Å². The third-order valence-electron chi connectivity index (χ3n) is 9.58. The first kappa shape index (κ1) is 39.3. The molecule has 3 aliphatic heterocycles. The molecule has 5 rings (SSSR count). The molecule has 50 heavy (non-hydrogen) atoms. The number of aliphatic hydroxyl groups is 12. The van der Waals surface area contributed by atoms with Crippen molar-refractivity contribution in [2.75, 3.05) is 25.1 Å². The van der Waals surface area contributed by atoms with Crippen LogP contribution in [0.2, 0.25) is 0 Å². The molecular weight excluding hydrogens is 672 g/mol. The first-order valence-corrected chi connectivity index (χ1v) is 16.3. The SMILES string of the molecule is CC1OC(OC2C(CO)OC(OC3C(CO)OC(Nc4ccccc4)C(O)C3O)C(O)C2O)C(O)C(O)C1NC1C=C(CO)C(O)C(O)C1O. The second kappa shape index (κ2) is 16.8. The lowest BCUT2D eigenvalue weighted by Crippen LogP contribution is -2.68. The molecule has 0 spiro atoms. The van der Waals surface area contributed by atoms with Gasteiger partial charge in [-0.3, -0.25) is 0 Å². The largest absolute Gasteiger partial charge is 0.394 e. The van der Waals surface area contributed by atoms with Crippen molar-refractivity contribution in [1.82, 2.24) is 5.32 Å². The predicted molar refractivity (Wildman–Crippen MR) is 166 cm³/mol. The fourth-order valence-corrected chi connectivity index (χ4v) is 6.65. The lowest BCUT2D eigenvalue weighted by atomic mass is 9.86. The molecular formula is C31H48N2O17. The van der Waals surface area contributed by atoms with Crippen LogP contribution in [0.4, 0.5) is 5.69 Å². The average Bonchev–Trinajstić information content (AvgIpc) is 3.11. The molecule has 14 N–H and O–H groups in total. The summed E-state index contributed by atoms with van der Waals surface area (Å²) >= 11 is 0. The highest BCUT2D eigenvalue weighted by Crippen LogP contribution is 2.33. The minimum absolute atomic E-state index is 0.0287. The molecule has 0 radical (unpaired) electrons. The minimum Gasteiger partial charge on any atom is -0.394 e. The van der Waals surface area contributed by atoms with Crippen molar-refractivity contribution in [1.29, 1.82) is 0 Å². The summed E-state index contributed by atoms with van der Waals surface area (Å²) in [5.41, 5.74) is 0.588. The summed E-state index contributed by atoms with van der Waals surface area (Å²) in [5, 5.41) is 132. The lowest BCUT2D eigenvalue weighted by molar-refractivity contribution is -0.367. The molecule has 0 saturated carbocycles.